The SMILES string of the molecule is CN1C(=O)C[n+]2ccccc2C1C(=O)Nc1ccccc1.[I-]. The van der Waals surface area contributed by atoms with Gasteiger partial charge in [-0.05, 0) is 12.1 Å². The number of hydrogen-bond donors (Lipinski definition) is 1. The van der Waals surface area contributed by atoms with Crippen molar-refractivity contribution in [3.63, 3.8) is 0 Å². The maximum absolute atomic E-state index is 12.6. The highest BCUT2D eigenvalue weighted by molar-refractivity contribution is 5.97. The van der Waals surface area contributed by atoms with Gasteiger partial charge in [-0.2, -0.15) is 4.57 Å². The first-order valence-corrected chi connectivity index (χ1v) is 6.77. The lowest BCUT2D eigenvalue weighted by Crippen LogP contribution is -3.00. The number of aromatic nitrogens is 1. The van der Waals surface area contributed by atoms with Crippen LogP contribution >= 0.6 is 0 Å². The Bertz CT molecular complexity index is 691. The number of para-hydroxylation sites is 1. The molecule has 1 aliphatic heterocycles. The van der Waals surface area contributed by atoms with Crippen LogP contribution in [0.4, 0.5) is 5.69 Å². The minimum absolute atomic E-state index is 0. The van der Waals surface area contributed by atoms with Gasteiger partial charge in [0, 0.05) is 24.9 Å². The smallest absolute Gasteiger partial charge is 0.289 e. The average molecular weight is 409 g/mol. The number of hydrogen-bond acceptors (Lipinski definition) is 2. The van der Waals surface area contributed by atoms with E-state index in [0.29, 0.717) is 0 Å². The standard InChI is InChI=1S/C16H15N3O2.HI/c1-18-14(20)11-19-10-6-5-9-13(19)15(18)16(21)17-12-7-3-2-4-8-12;/h2-10,15H,11H2,1H3;1H. The van der Waals surface area contributed by atoms with Crippen molar-refractivity contribution >= 4 is 17.5 Å². The van der Waals surface area contributed by atoms with Gasteiger partial charge in [-0.15, -0.1) is 0 Å². The number of rotatable bonds is 2. The van der Waals surface area contributed by atoms with Crippen LogP contribution in [0.2, 0.25) is 0 Å². The molecule has 2 heterocycles. The molecular formula is C16H16IN3O2. The number of benzene rings is 1. The molecule has 1 aromatic heterocycles. The highest BCUT2D eigenvalue weighted by atomic mass is 127. The molecule has 6 heteroatoms. The third-order valence-corrected chi connectivity index (χ3v) is 3.63. The van der Waals surface area contributed by atoms with Gasteiger partial charge < -0.3 is 34.2 Å². The number of likely N-dealkylation sites (N-methyl/N-ethyl adjacent to an activating group) is 1. The van der Waals surface area contributed by atoms with Crippen molar-refractivity contribution < 1.29 is 38.1 Å². The van der Waals surface area contributed by atoms with Crippen molar-refractivity contribution in [1.82, 2.24) is 4.90 Å². The summed E-state index contributed by atoms with van der Waals surface area (Å²) in [6, 6.07) is 14.2. The summed E-state index contributed by atoms with van der Waals surface area (Å²) in [7, 11) is 1.66. The van der Waals surface area contributed by atoms with Crippen LogP contribution in [0.15, 0.2) is 54.7 Å². The molecule has 2 amide bonds. The van der Waals surface area contributed by atoms with E-state index < -0.39 is 6.04 Å². The summed E-state index contributed by atoms with van der Waals surface area (Å²) in [5.74, 6) is -0.288. The number of fused-ring (bicyclic) bond motifs is 1. The summed E-state index contributed by atoms with van der Waals surface area (Å²) in [5, 5.41) is 2.86. The largest absolute Gasteiger partial charge is 1.00 e. The quantitative estimate of drug-likeness (QED) is 0.467. The highest BCUT2D eigenvalue weighted by Crippen LogP contribution is 2.22. The fraction of sp³-hybridized carbons (Fsp3) is 0.188. The minimum atomic E-state index is -0.618. The van der Waals surface area contributed by atoms with Crippen LogP contribution in [0.25, 0.3) is 0 Å². The van der Waals surface area contributed by atoms with E-state index in [1.54, 1.807) is 7.05 Å². The van der Waals surface area contributed by atoms with Crippen molar-refractivity contribution in [2.75, 3.05) is 12.4 Å². The van der Waals surface area contributed by atoms with Crippen molar-refractivity contribution in [2.45, 2.75) is 12.6 Å². The molecule has 1 unspecified atom stereocenters. The molecule has 1 aliphatic rings. The molecule has 0 radical (unpaired) electrons. The zero-order valence-corrected chi connectivity index (χ0v) is 14.2. The number of carbonyl (C=O) groups is 2. The first-order chi connectivity index (χ1) is 10.2. The number of anilines is 1. The van der Waals surface area contributed by atoms with Crippen LogP contribution in [0.3, 0.4) is 0 Å². The predicted molar refractivity (Wildman–Crippen MR) is 77.2 cm³/mol. The number of carbonyl (C=O) groups excluding carboxylic acids is 2. The summed E-state index contributed by atoms with van der Waals surface area (Å²) in [6.07, 6.45) is 1.82. The normalized spacial score (nSPS) is 16.5. The van der Waals surface area contributed by atoms with Gasteiger partial charge in [0.05, 0.1) is 0 Å². The predicted octanol–water partition coefficient (Wildman–Crippen LogP) is -1.87. The molecule has 2 aromatic rings. The molecular weight excluding hydrogens is 393 g/mol. The highest BCUT2D eigenvalue weighted by Gasteiger charge is 2.40. The van der Waals surface area contributed by atoms with Gasteiger partial charge in [0.2, 0.25) is 12.2 Å². The Hall–Kier alpha value is -1.96. The average Bonchev–Trinajstić information content (AvgIpc) is 2.49. The number of amides is 2. The van der Waals surface area contributed by atoms with E-state index in [4.69, 9.17) is 0 Å². The molecule has 0 spiro atoms. The second kappa shape index (κ2) is 6.87. The zero-order valence-electron chi connectivity index (χ0n) is 12.1. The van der Waals surface area contributed by atoms with Crippen LogP contribution in [0.5, 0.6) is 0 Å². The lowest BCUT2D eigenvalue weighted by Gasteiger charge is -2.28. The Morgan fingerprint density at radius 1 is 1.18 bits per heavy atom. The second-order valence-corrected chi connectivity index (χ2v) is 5.02. The summed E-state index contributed by atoms with van der Waals surface area (Å²) in [6.45, 7) is 0.266. The van der Waals surface area contributed by atoms with E-state index in [0.717, 1.165) is 11.4 Å². The molecule has 1 atom stereocenters. The molecule has 114 valence electrons. The van der Waals surface area contributed by atoms with Gasteiger partial charge >= 0.3 is 0 Å². The van der Waals surface area contributed by atoms with E-state index in [1.165, 1.54) is 4.90 Å². The van der Waals surface area contributed by atoms with E-state index in [-0.39, 0.29) is 42.3 Å². The van der Waals surface area contributed by atoms with Gasteiger partial charge in [-0.1, -0.05) is 24.3 Å². The molecule has 0 bridgehead atoms. The van der Waals surface area contributed by atoms with Crippen LogP contribution < -0.4 is 33.9 Å². The van der Waals surface area contributed by atoms with Gasteiger partial charge in [0.25, 0.3) is 11.8 Å². The summed E-state index contributed by atoms with van der Waals surface area (Å²) < 4.78 is 1.82. The fourth-order valence-electron chi connectivity index (χ4n) is 2.52. The summed E-state index contributed by atoms with van der Waals surface area (Å²) >= 11 is 0. The van der Waals surface area contributed by atoms with Crippen molar-refractivity contribution in [2.24, 2.45) is 0 Å². The van der Waals surface area contributed by atoms with Gasteiger partial charge in [-0.25, -0.2) is 0 Å². The maximum Gasteiger partial charge on any atom is 0.289 e. The van der Waals surface area contributed by atoms with E-state index in [1.807, 2.05) is 59.3 Å². The first-order valence-electron chi connectivity index (χ1n) is 6.77. The number of nitrogens with one attached hydrogen (secondary N) is 1. The lowest BCUT2D eigenvalue weighted by atomic mass is 10.1. The van der Waals surface area contributed by atoms with Crippen LogP contribution in [0.1, 0.15) is 11.7 Å². The fourth-order valence-corrected chi connectivity index (χ4v) is 2.52. The molecule has 1 aromatic carbocycles. The topological polar surface area (TPSA) is 53.3 Å². The Morgan fingerprint density at radius 3 is 2.59 bits per heavy atom. The molecule has 3 rings (SSSR count). The minimum Gasteiger partial charge on any atom is -1.00 e. The maximum atomic E-state index is 12.6. The van der Waals surface area contributed by atoms with Gasteiger partial charge in [0.15, 0.2) is 12.2 Å². The van der Waals surface area contributed by atoms with Crippen molar-refractivity contribution in [1.29, 1.82) is 0 Å². The van der Waals surface area contributed by atoms with Crippen LogP contribution in [-0.4, -0.2) is 23.8 Å². The number of pyridine rings is 1. The third kappa shape index (κ3) is 3.11. The third-order valence-electron chi connectivity index (χ3n) is 3.63. The lowest BCUT2D eigenvalue weighted by molar-refractivity contribution is -0.698. The Kier molecular flexibility index (Phi) is 5.12. The van der Waals surface area contributed by atoms with Crippen molar-refractivity contribution in [3.05, 3.63) is 60.4 Å². The number of nitrogens with zero attached hydrogens (tertiary/aromatic N) is 2. The first kappa shape index (κ1) is 16.4. The summed E-state index contributed by atoms with van der Waals surface area (Å²) in [4.78, 5) is 26.1. The number of halogens is 1. The Balaban J connectivity index is 0.00000176. The Morgan fingerprint density at radius 2 is 1.86 bits per heavy atom. The molecule has 0 fully saturated rings. The zero-order chi connectivity index (χ0) is 14.8. The van der Waals surface area contributed by atoms with Crippen LogP contribution in [0, 0.1) is 0 Å². The molecule has 0 aliphatic carbocycles. The molecule has 0 saturated carbocycles. The monoisotopic (exact) mass is 409 g/mol. The van der Waals surface area contributed by atoms with Gasteiger partial charge in [-0.3, -0.25) is 9.59 Å². The Labute approximate surface area is 146 Å². The van der Waals surface area contributed by atoms with Crippen molar-refractivity contribution in [3.8, 4) is 0 Å². The van der Waals surface area contributed by atoms with E-state index in [2.05, 4.69) is 5.32 Å². The summed E-state index contributed by atoms with van der Waals surface area (Å²) in [5.41, 5.74) is 1.53. The second-order valence-electron chi connectivity index (χ2n) is 5.02. The van der Waals surface area contributed by atoms with Crippen LogP contribution in [-0.2, 0) is 16.1 Å². The molecule has 5 nitrogen and oxygen atoms in total. The molecule has 0 saturated heterocycles. The molecule has 22 heavy (non-hydrogen) atoms. The van der Waals surface area contributed by atoms with E-state index in [9.17, 15) is 9.59 Å². The molecule has 1 N–H and O–H groups in total. The van der Waals surface area contributed by atoms with Gasteiger partial charge in [0.1, 0.15) is 0 Å². The van der Waals surface area contributed by atoms with E-state index >= 15 is 0 Å².